The summed E-state index contributed by atoms with van der Waals surface area (Å²) >= 11 is 0. The Labute approximate surface area is 200 Å². The van der Waals surface area contributed by atoms with E-state index in [-0.39, 0.29) is 25.2 Å². The van der Waals surface area contributed by atoms with Crippen molar-refractivity contribution in [3.63, 3.8) is 0 Å². The van der Waals surface area contributed by atoms with Gasteiger partial charge in [-0.3, -0.25) is 0 Å². The topological polar surface area (TPSA) is 80.3 Å². The van der Waals surface area contributed by atoms with Gasteiger partial charge in [0.1, 0.15) is 37.9 Å². The number of rotatable bonds is 15. The lowest BCUT2D eigenvalue weighted by molar-refractivity contribution is -0.139. The van der Waals surface area contributed by atoms with Crippen LogP contribution in [0.1, 0.15) is 25.0 Å². The summed E-state index contributed by atoms with van der Waals surface area (Å²) in [4.78, 5) is 22.0. The van der Waals surface area contributed by atoms with E-state index in [2.05, 4.69) is 27.0 Å². The van der Waals surface area contributed by atoms with Crippen LogP contribution in [0.5, 0.6) is 11.5 Å². The molecule has 0 bridgehead atoms. The Kier molecular flexibility index (Phi) is 10.9. The Hall–Kier alpha value is -3.58. The van der Waals surface area contributed by atoms with E-state index in [4.69, 9.17) is 23.7 Å². The number of carbonyl (C=O) groups is 2. The monoisotopic (exact) mass is 468 g/mol. The fraction of sp³-hybridized carbons (Fsp3) is 0.333. The zero-order valence-corrected chi connectivity index (χ0v) is 19.8. The van der Waals surface area contributed by atoms with Gasteiger partial charge in [0.15, 0.2) is 0 Å². The Bertz CT molecular complexity index is 930. The van der Waals surface area contributed by atoms with Crippen molar-refractivity contribution in [2.45, 2.75) is 19.3 Å². The quantitative estimate of drug-likeness (QED) is 0.220. The number of hydrogen-bond acceptors (Lipinski definition) is 7. The molecule has 34 heavy (non-hydrogen) atoms. The number of benzene rings is 2. The second-order valence-electron chi connectivity index (χ2n) is 7.73. The molecule has 0 aliphatic carbocycles. The first-order chi connectivity index (χ1) is 16.4. The lowest BCUT2D eigenvalue weighted by atomic mass is 9.78. The van der Waals surface area contributed by atoms with Crippen LogP contribution < -0.4 is 9.47 Å². The molecule has 0 atom stereocenters. The molecule has 0 aliphatic heterocycles. The molecule has 0 unspecified atom stereocenters. The molecule has 2 aromatic rings. The zero-order valence-electron chi connectivity index (χ0n) is 19.8. The summed E-state index contributed by atoms with van der Waals surface area (Å²) in [6.45, 7) is 12.7. The molecule has 0 amide bonds. The fourth-order valence-corrected chi connectivity index (χ4v) is 3.04. The van der Waals surface area contributed by atoms with Crippen molar-refractivity contribution >= 4 is 11.9 Å². The van der Waals surface area contributed by atoms with Crippen molar-refractivity contribution in [2.75, 3.05) is 39.6 Å². The molecule has 0 saturated heterocycles. The maximum absolute atomic E-state index is 11.0. The Balaban J connectivity index is 1.79. The van der Waals surface area contributed by atoms with Crippen LogP contribution in [-0.2, 0) is 29.2 Å². The summed E-state index contributed by atoms with van der Waals surface area (Å²) < 4.78 is 26.4. The Morgan fingerprint density at radius 2 is 1.06 bits per heavy atom. The Morgan fingerprint density at radius 3 is 1.50 bits per heavy atom. The predicted octanol–water partition coefficient (Wildman–Crippen LogP) is 4.25. The maximum Gasteiger partial charge on any atom is 0.330 e. The fourth-order valence-electron chi connectivity index (χ4n) is 3.04. The van der Waals surface area contributed by atoms with E-state index in [0.717, 1.165) is 29.0 Å². The smallest absolute Gasteiger partial charge is 0.330 e. The minimum atomic E-state index is -0.464. The third kappa shape index (κ3) is 8.75. The van der Waals surface area contributed by atoms with Crippen LogP contribution in [0.4, 0.5) is 0 Å². The molecule has 0 N–H and O–H groups in total. The molecule has 0 fully saturated rings. The molecule has 0 aromatic heterocycles. The van der Waals surface area contributed by atoms with Crippen molar-refractivity contribution in [2.24, 2.45) is 0 Å². The number of ether oxygens (including phenoxy) is 5. The van der Waals surface area contributed by atoms with E-state index in [0.29, 0.717) is 25.6 Å². The molecule has 2 aromatic carbocycles. The lowest BCUT2D eigenvalue weighted by Crippen LogP contribution is -2.19. The van der Waals surface area contributed by atoms with Crippen LogP contribution in [0.25, 0.3) is 0 Å². The van der Waals surface area contributed by atoms with Gasteiger partial charge in [0.05, 0.1) is 13.2 Å². The van der Waals surface area contributed by atoms with E-state index < -0.39 is 11.9 Å². The molecular weight excluding hydrogens is 436 g/mol. The van der Waals surface area contributed by atoms with Gasteiger partial charge in [-0.2, -0.15) is 0 Å². The number of carbonyl (C=O) groups excluding carboxylic acids is 2. The second-order valence-corrected chi connectivity index (χ2v) is 7.73. The largest absolute Gasteiger partial charge is 0.491 e. The highest BCUT2D eigenvalue weighted by molar-refractivity contribution is 5.81. The minimum Gasteiger partial charge on any atom is -0.491 e. The molecule has 0 heterocycles. The highest BCUT2D eigenvalue weighted by Gasteiger charge is 2.23. The zero-order chi connectivity index (χ0) is 24.8. The standard InChI is InChI=1S/C27H32O7/c1-5-25(28)33-18-16-30-15-17-31-23-11-7-21(8-12-23)27(3,4)22-9-13-24(14-10-22)32-19-20-34-26(29)6-2/h5-14H,1-2,15-20H2,3-4H3. The summed E-state index contributed by atoms with van der Waals surface area (Å²) in [6, 6.07) is 15.8. The van der Waals surface area contributed by atoms with Crippen LogP contribution in [0.3, 0.4) is 0 Å². The van der Waals surface area contributed by atoms with E-state index in [1.54, 1.807) is 0 Å². The lowest BCUT2D eigenvalue weighted by Gasteiger charge is -2.26. The van der Waals surface area contributed by atoms with E-state index in [1.807, 2.05) is 48.5 Å². The SMILES string of the molecule is C=CC(=O)OCCOCCOc1ccc(C(C)(C)c2ccc(OCCOC(=O)C=C)cc2)cc1. The summed E-state index contributed by atoms with van der Waals surface area (Å²) in [7, 11) is 0. The number of hydrogen-bond donors (Lipinski definition) is 0. The van der Waals surface area contributed by atoms with Crippen LogP contribution in [0.15, 0.2) is 73.8 Å². The summed E-state index contributed by atoms with van der Waals surface area (Å²) in [5.41, 5.74) is 2.06. The van der Waals surface area contributed by atoms with Crippen molar-refractivity contribution in [3.8, 4) is 11.5 Å². The van der Waals surface area contributed by atoms with Crippen molar-refractivity contribution < 1.29 is 33.3 Å². The molecule has 7 nitrogen and oxygen atoms in total. The van der Waals surface area contributed by atoms with Gasteiger partial charge in [0.2, 0.25) is 0 Å². The summed E-state index contributed by atoms with van der Waals surface area (Å²) in [6.07, 6.45) is 2.24. The molecule has 0 aliphatic rings. The van der Waals surface area contributed by atoms with Gasteiger partial charge in [-0.15, -0.1) is 0 Å². The van der Waals surface area contributed by atoms with E-state index in [9.17, 15) is 9.59 Å². The molecule has 182 valence electrons. The predicted molar refractivity (Wildman–Crippen MR) is 129 cm³/mol. The maximum atomic E-state index is 11.0. The van der Waals surface area contributed by atoms with Gasteiger partial charge in [-0.25, -0.2) is 9.59 Å². The molecule has 7 heteroatoms. The third-order valence-electron chi connectivity index (χ3n) is 5.05. The molecule has 0 radical (unpaired) electrons. The minimum absolute atomic E-state index is 0.170. The molecule has 2 rings (SSSR count). The average molecular weight is 469 g/mol. The first-order valence-corrected chi connectivity index (χ1v) is 11.0. The van der Waals surface area contributed by atoms with Crippen molar-refractivity contribution in [1.82, 2.24) is 0 Å². The van der Waals surface area contributed by atoms with E-state index >= 15 is 0 Å². The van der Waals surface area contributed by atoms with Crippen LogP contribution in [0, 0.1) is 0 Å². The van der Waals surface area contributed by atoms with Crippen molar-refractivity contribution in [1.29, 1.82) is 0 Å². The van der Waals surface area contributed by atoms with Gasteiger partial charge in [0, 0.05) is 17.6 Å². The van der Waals surface area contributed by atoms with Crippen molar-refractivity contribution in [3.05, 3.63) is 85.0 Å². The molecule has 0 spiro atoms. The van der Waals surface area contributed by atoms with Gasteiger partial charge in [-0.1, -0.05) is 51.3 Å². The van der Waals surface area contributed by atoms with Gasteiger partial charge in [-0.05, 0) is 35.4 Å². The first-order valence-electron chi connectivity index (χ1n) is 11.0. The van der Waals surface area contributed by atoms with Crippen LogP contribution >= 0.6 is 0 Å². The normalized spacial score (nSPS) is 10.8. The molecular formula is C27H32O7. The number of esters is 2. The summed E-state index contributed by atoms with van der Waals surface area (Å²) in [5, 5.41) is 0. The highest BCUT2D eigenvalue weighted by atomic mass is 16.6. The van der Waals surface area contributed by atoms with Crippen LogP contribution in [0.2, 0.25) is 0 Å². The van der Waals surface area contributed by atoms with Crippen LogP contribution in [-0.4, -0.2) is 51.6 Å². The van der Waals surface area contributed by atoms with E-state index in [1.165, 1.54) is 0 Å². The summed E-state index contributed by atoms with van der Waals surface area (Å²) in [5.74, 6) is 0.534. The van der Waals surface area contributed by atoms with Gasteiger partial charge in [0.25, 0.3) is 0 Å². The average Bonchev–Trinajstić information content (AvgIpc) is 2.86. The first kappa shape index (κ1) is 26.7. The third-order valence-corrected chi connectivity index (χ3v) is 5.05. The van der Waals surface area contributed by atoms with Gasteiger partial charge >= 0.3 is 11.9 Å². The van der Waals surface area contributed by atoms with Gasteiger partial charge < -0.3 is 23.7 Å². The molecule has 0 saturated carbocycles. The Morgan fingerprint density at radius 1 is 0.676 bits per heavy atom. The highest BCUT2D eigenvalue weighted by Crippen LogP contribution is 2.33. The second kappa shape index (κ2) is 13.9.